The number of nitrogens with one attached hydrogen (secondary N) is 1. The Morgan fingerprint density at radius 1 is 1.39 bits per heavy atom. The average molecular weight is 268 g/mol. The van der Waals surface area contributed by atoms with E-state index in [0.717, 1.165) is 13.1 Å². The lowest BCUT2D eigenvalue weighted by Crippen LogP contribution is -2.46. The zero-order chi connectivity index (χ0) is 13.0. The quantitative estimate of drug-likeness (QED) is 0.873. The maximum Gasteiger partial charge on any atom is 0.0798 e. The van der Waals surface area contributed by atoms with Gasteiger partial charge >= 0.3 is 0 Å². The molecule has 2 heterocycles. The lowest BCUT2D eigenvalue weighted by Gasteiger charge is -2.32. The van der Waals surface area contributed by atoms with Gasteiger partial charge < -0.3 is 10.2 Å². The Labute approximate surface area is 114 Å². The van der Waals surface area contributed by atoms with Gasteiger partial charge in [-0.2, -0.15) is 0 Å². The van der Waals surface area contributed by atoms with Crippen LogP contribution in [0, 0.1) is 6.92 Å². The average Bonchev–Trinajstić information content (AvgIpc) is 2.78. The molecule has 1 saturated heterocycles. The third-order valence-corrected chi connectivity index (χ3v) is 4.76. The van der Waals surface area contributed by atoms with Crippen LogP contribution in [0.4, 0.5) is 0 Å². The first-order valence-electron chi connectivity index (χ1n) is 6.71. The molecule has 0 bridgehead atoms. The highest BCUT2D eigenvalue weighted by atomic mass is 32.1. The summed E-state index contributed by atoms with van der Waals surface area (Å²) in [6, 6.07) is 0.421. The summed E-state index contributed by atoms with van der Waals surface area (Å²) in [6.07, 6.45) is 0. The van der Waals surface area contributed by atoms with Crippen molar-refractivity contribution in [2.45, 2.75) is 19.9 Å². The van der Waals surface area contributed by atoms with Crippen LogP contribution in [0.2, 0.25) is 0 Å². The minimum absolute atomic E-state index is 0.421. The SMILES string of the molecule is Cc1ncsc1C(C)NCCN1CCN(C)CC1. The Balaban J connectivity index is 1.68. The second kappa shape index (κ2) is 6.61. The predicted molar refractivity (Wildman–Crippen MR) is 77.2 cm³/mol. The van der Waals surface area contributed by atoms with Gasteiger partial charge in [-0.15, -0.1) is 11.3 Å². The van der Waals surface area contributed by atoms with Crippen LogP contribution in [-0.4, -0.2) is 61.1 Å². The van der Waals surface area contributed by atoms with E-state index in [4.69, 9.17) is 0 Å². The van der Waals surface area contributed by atoms with Crippen LogP contribution in [0.3, 0.4) is 0 Å². The minimum atomic E-state index is 0.421. The van der Waals surface area contributed by atoms with E-state index in [1.54, 1.807) is 11.3 Å². The number of piperazine rings is 1. The van der Waals surface area contributed by atoms with Gasteiger partial charge in [0, 0.05) is 50.2 Å². The Morgan fingerprint density at radius 3 is 2.72 bits per heavy atom. The number of nitrogens with zero attached hydrogens (tertiary/aromatic N) is 3. The van der Waals surface area contributed by atoms with E-state index in [1.165, 1.54) is 36.8 Å². The molecule has 1 unspecified atom stereocenters. The Kier molecular flexibility index (Phi) is 5.12. The van der Waals surface area contributed by atoms with Gasteiger partial charge in [-0.1, -0.05) is 0 Å². The second-order valence-corrected chi connectivity index (χ2v) is 6.01. The van der Waals surface area contributed by atoms with Crippen molar-refractivity contribution in [3.05, 3.63) is 16.1 Å². The van der Waals surface area contributed by atoms with E-state index in [1.807, 2.05) is 5.51 Å². The lowest BCUT2D eigenvalue weighted by atomic mass is 10.2. The summed E-state index contributed by atoms with van der Waals surface area (Å²) in [5.41, 5.74) is 3.10. The van der Waals surface area contributed by atoms with Crippen LogP contribution in [0.25, 0.3) is 0 Å². The van der Waals surface area contributed by atoms with Gasteiger partial charge in [0.1, 0.15) is 0 Å². The molecule has 0 spiro atoms. The molecule has 1 fully saturated rings. The molecule has 0 radical (unpaired) electrons. The Morgan fingerprint density at radius 2 is 2.11 bits per heavy atom. The number of thiazole rings is 1. The molecule has 0 aromatic carbocycles. The van der Waals surface area contributed by atoms with Crippen molar-refractivity contribution in [2.75, 3.05) is 46.3 Å². The molecule has 1 aliphatic heterocycles. The molecule has 5 heteroatoms. The fourth-order valence-corrected chi connectivity index (χ4v) is 3.16. The van der Waals surface area contributed by atoms with Crippen LogP contribution in [0.1, 0.15) is 23.5 Å². The third-order valence-electron chi connectivity index (χ3n) is 3.65. The van der Waals surface area contributed by atoms with Crippen molar-refractivity contribution in [1.29, 1.82) is 0 Å². The predicted octanol–water partition coefficient (Wildman–Crippen LogP) is 1.35. The highest BCUT2D eigenvalue weighted by Crippen LogP contribution is 2.20. The fraction of sp³-hybridized carbons (Fsp3) is 0.769. The van der Waals surface area contributed by atoms with Gasteiger partial charge in [0.05, 0.1) is 11.2 Å². The molecule has 0 saturated carbocycles. The van der Waals surface area contributed by atoms with E-state index in [0.29, 0.717) is 6.04 Å². The zero-order valence-electron chi connectivity index (χ0n) is 11.6. The van der Waals surface area contributed by atoms with Gasteiger partial charge in [-0.05, 0) is 20.9 Å². The third kappa shape index (κ3) is 3.75. The van der Waals surface area contributed by atoms with E-state index in [-0.39, 0.29) is 0 Å². The highest BCUT2D eigenvalue weighted by molar-refractivity contribution is 7.09. The molecule has 4 nitrogen and oxygen atoms in total. The van der Waals surface area contributed by atoms with Crippen molar-refractivity contribution in [3.8, 4) is 0 Å². The molecular weight excluding hydrogens is 244 g/mol. The summed E-state index contributed by atoms with van der Waals surface area (Å²) < 4.78 is 0. The molecule has 102 valence electrons. The van der Waals surface area contributed by atoms with Crippen molar-refractivity contribution in [3.63, 3.8) is 0 Å². The topological polar surface area (TPSA) is 31.4 Å². The molecule has 1 aliphatic rings. The van der Waals surface area contributed by atoms with Gasteiger partial charge in [0.2, 0.25) is 0 Å². The van der Waals surface area contributed by atoms with Crippen LogP contribution < -0.4 is 5.32 Å². The van der Waals surface area contributed by atoms with Gasteiger partial charge in [-0.3, -0.25) is 4.90 Å². The van der Waals surface area contributed by atoms with Gasteiger partial charge in [0.15, 0.2) is 0 Å². The second-order valence-electron chi connectivity index (χ2n) is 5.12. The summed E-state index contributed by atoms with van der Waals surface area (Å²) in [5.74, 6) is 0. The molecule has 1 aromatic rings. The van der Waals surface area contributed by atoms with Crippen LogP contribution in [0.5, 0.6) is 0 Å². The van der Waals surface area contributed by atoms with Crippen molar-refractivity contribution < 1.29 is 0 Å². The molecule has 2 rings (SSSR count). The van der Waals surface area contributed by atoms with Crippen molar-refractivity contribution >= 4 is 11.3 Å². The first-order chi connectivity index (χ1) is 8.66. The monoisotopic (exact) mass is 268 g/mol. The lowest BCUT2D eigenvalue weighted by molar-refractivity contribution is 0.154. The highest BCUT2D eigenvalue weighted by Gasteiger charge is 2.14. The van der Waals surface area contributed by atoms with E-state index >= 15 is 0 Å². The maximum absolute atomic E-state index is 4.31. The first kappa shape index (κ1) is 13.9. The standard InChI is InChI=1S/C13H24N4S/c1-11(13-12(2)15-10-18-13)14-4-5-17-8-6-16(3)7-9-17/h10-11,14H,4-9H2,1-3H3. The number of rotatable bonds is 5. The Hall–Kier alpha value is -0.490. The van der Waals surface area contributed by atoms with E-state index < -0.39 is 0 Å². The normalized spacial score (nSPS) is 20.2. The first-order valence-corrected chi connectivity index (χ1v) is 7.59. The number of aromatic nitrogens is 1. The summed E-state index contributed by atoms with van der Waals surface area (Å²) in [7, 11) is 2.20. The summed E-state index contributed by atoms with van der Waals surface area (Å²) >= 11 is 1.75. The largest absolute Gasteiger partial charge is 0.308 e. The molecule has 1 aromatic heterocycles. The maximum atomic E-state index is 4.31. The molecule has 0 aliphatic carbocycles. The minimum Gasteiger partial charge on any atom is -0.308 e. The molecule has 18 heavy (non-hydrogen) atoms. The zero-order valence-corrected chi connectivity index (χ0v) is 12.5. The number of aryl methyl sites for hydroxylation is 1. The summed E-state index contributed by atoms with van der Waals surface area (Å²) in [6.45, 7) is 11.3. The fourth-order valence-electron chi connectivity index (χ4n) is 2.33. The number of hydrogen-bond donors (Lipinski definition) is 1. The van der Waals surface area contributed by atoms with Crippen LogP contribution in [0.15, 0.2) is 5.51 Å². The van der Waals surface area contributed by atoms with Crippen LogP contribution >= 0.6 is 11.3 Å². The van der Waals surface area contributed by atoms with Crippen molar-refractivity contribution in [2.24, 2.45) is 0 Å². The summed E-state index contributed by atoms with van der Waals surface area (Å²) in [5, 5.41) is 3.60. The van der Waals surface area contributed by atoms with Gasteiger partial charge in [0.25, 0.3) is 0 Å². The molecule has 1 N–H and O–H groups in total. The molecule has 0 amide bonds. The Bertz CT molecular complexity index is 358. The van der Waals surface area contributed by atoms with E-state index in [9.17, 15) is 0 Å². The summed E-state index contributed by atoms with van der Waals surface area (Å²) in [4.78, 5) is 10.6. The van der Waals surface area contributed by atoms with Gasteiger partial charge in [-0.25, -0.2) is 4.98 Å². The smallest absolute Gasteiger partial charge is 0.0798 e. The van der Waals surface area contributed by atoms with E-state index in [2.05, 4.69) is 41.0 Å². The van der Waals surface area contributed by atoms with Crippen molar-refractivity contribution in [1.82, 2.24) is 20.1 Å². The number of hydrogen-bond acceptors (Lipinski definition) is 5. The molecular formula is C13H24N4S. The number of likely N-dealkylation sites (N-methyl/N-ethyl adjacent to an activating group) is 1. The van der Waals surface area contributed by atoms with Crippen LogP contribution in [-0.2, 0) is 0 Å². The molecule has 1 atom stereocenters.